The van der Waals surface area contributed by atoms with E-state index in [0.29, 0.717) is 0 Å². The molecule has 1 atom stereocenters. The minimum absolute atomic E-state index is 0.0378. The fraction of sp³-hybridized carbons (Fsp3) is 0.0714. The first-order valence-corrected chi connectivity index (χ1v) is 20.1. The average Bonchev–Trinajstić information content (AvgIpc) is 3.72. The maximum Gasteiger partial charge on any atom is 0.0625 e. The molecule has 9 aromatic carbocycles. The molecule has 0 saturated heterocycles. The Morgan fingerprint density at radius 2 is 1.07 bits per heavy atom. The third kappa shape index (κ3) is 4.69. The number of rotatable bonds is 5. The lowest BCUT2D eigenvalue weighted by molar-refractivity contribution is 0.659. The highest BCUT2D eigenvalue weighted by Crippen LogP contribution is 2.50. The standard InChI is InChI=1S/C56H39N/c1-56(2)49-22-11-9-19-43(49)44-27-26-39(33-50(44)56)53(36-16-7-4-8-17-36)42-31-40(35-14-5-3-6-15-35)30-41(32-42)38-25-28-46-48-29-24-37-18-13-21-47-45-20-10-12-23-51(45)57(52(46)34-38)55(48)54(37)47/h3-34,53H,1-2H3. The van der Waals surface area contributed by atoms with Crippen molar-refractivity contribution >= 4 is 48.9 Å². The van der Waals surface area contributed by atoms with Gasteiger partial charge in [-0.2, -0.15) is 0 Å². The van der Waals surface area contributed by atoms with Crippen molar-refractivity contribution in [3.8, 4) is 33.4 Å². The molecule has 1 unspecified atom stereocenters. The molecular weight excluding hydrogens is 687 g/mol. The van der Waals surface area contributed by atoms with Gasteiger partial charge in [-0.05, 0) is 90.2 Å². The fourth-order valence-corrected chi connectivity index (χ4v) is 10.3. The molecule has 0 amide bonds. The molecule has 0 N–H and O–H groups in total. The van der Waals surface area contributed by atoms with Crippen LogP contribution in [0.15, 0.2) is 194 Å². The van der Waals surface area contributed by atoms with E-state index in [1.54, 1.807) is 0 Å². The summed E-state index contributed by atoms with van der Waals surface area (Å²) in [6.07, 6.45) is 0. The lowest BCUT2D eigenvalue weighted by Gasteiger charge is -2.25. The highest BCUT2D eigenvalue weighted by Gasteiger charge is 2.36. The van der Waals surface area contributed by atoms with Gasteiger partial charge in [0, 0.05) is 32.9 Å². The first-order chi connectivity index (χ1) is 28.0. The number of pyridine rings is 1. The summed E-state index contributed by atoms with van der Waals surface area (Å²) in [6.45, 7) is 4.76. The highest BCUT2D eigenvalue weighted by molar-refractivity contribution is 6.28. The number of aromatic nitrogens is 1. The van der Waals surface area contributed by atoms with Gasteiger partial charge in [0.15, 0.2) is 0 Å². The minimum Gasteiger partial charge on any atom is -0.308 e. The van der Waals surface area contributed by atoms with Crippen molar-refractivity contribution in [2.24, 2.45) is 0 Å². The Morgan fingerprint density at radius 1 is 0.386 bits per heavy atom. The molecule has 11 aromatic rings. The van der Waals surface area contributed by atoms with Gasteiger partial charge < -0.3 is 4.40 Å². The highest BCUT2D eigenvalue weighted by atomic mass is 14.9. The molecule has 0 fully saturated rings. The molecule has 2 aromatic heterocycles. The van der Waals surface area contributed by atoms with Crippen LogP contribution in [-0.4, -0.2) is 4.40 Å². The second kappa shape index (κ2) is 12.0. The van der Waals surface area contributed by atoms with Crippen LogP contribution < -0.4 is 0 Å². The second-order valence-corrected chi connectivity index (χ2v) is 16.5. The molecule has 1 nitrogen and oxygen atoms in total. The van der Waals surface area contributed by atoms with Crippen LogP contribution in [0.1, 0.15) is 47.6 Å². The first kappa shape index (κ1) is 32.3. The molecule has 268 valence electrons. The average molecular weight is 726 g/mol. The smallest absolute Gasteiger partial charge is 0.0625 e. The maximum absolute atomic E-state index is 2.53. The van der Waals surface area contributed by atoms with E-state index in [1.807, 2.05) is 0 Å². The second-order valence-electron chi connectivity index (χ2n) is 16.5. The van der Waals surface area contributed by atoms with E-state index >= 15 is 0 Å². The van der Waals surface area contributed by atoms with Gasteiger partial charge in [-0.25, -0.2) is 0 Å². The van der Waals surface area contributed by atoms with Gasteiger partial charge in [0.05, 0.1) is 16.6 Å². The third-order valence-electron chi connectivity index (χ3n) is 13.0. The number of hydrogen-bond acceptors (Lipinski definition) is 0. The lowest BCUT2D eigenvalue weighted by Crippen LogP contribution is -2.15. The quantitative estimate of drug-likeness (QED) is 0.0945. The molecule has 0 radical (unpaired) electrons. The van der Waals surface area contributed by atoms with Crippen molar-refractivity contribution in [2.75, 3.05) is 0 Å². The lowest BCUT2D eigenvalue weighted by atomic mass is 9.78. The number of benzene rings is 9. The molecule has 1 aliphatic carbocycles. The Morgan fingerprint density at radius 3 is 1.93 bits per heavy atom. The molecule has 57 heavy (non-hydrogen) atoms. The van der Waals surface area contributed by atoms with Crippen LogP contribution in [0.25, 0.3) is 82.2 Å². The molecule has 1 aliphatic rings. The van der Waals surface area contributed by atoms with Crippen molar-refractivity contribution in [3.63, 3.8) is 0 Å². The van der Waals surface area contributed by atoms with Crippen LogP contribution in [0, 0.1) is 0 Å². The zero-order valence-corrected chi connectivity index (χ0v) is 32.0. The van der Waals surface area contributed by atoms with E-state index in [4.69, 9.17) is 0 Å². The summed E-state index contributed by atoms with van der Waals surface area (Å²) in [4.78, 5) is 0. The van der Waals surface area contributed by atoms with E-state index in [2.05, 4.69) is 212 Å². The molecule has 2 heterocycles. The van der Waals surface area contributed by atoms with Crippen molar-refractivity contribution in [2.45, 2.75) is 25.2 Å². The van der Waals surface area contributed by atoms with Crippen LogP contribution >= 0.6 is 0 Å². The van der Waals surface area contributed by atoms with Crippen LogP contribution in [0.2, 0.25) is 0 Å². The van der Waals surface area contributed by atoms with E-state index in [-0.39, 0.29) is 11.3 Å². The Kier molecular flexibility index (Phi) is 6.81. The van der Waals surface area contributed by atoms with Gasteiger partial charge in [-0.1, -0.05) is 190 Å². The van der Waals surface area contributed by atoms with Gasteiger partial charge in [0.2, 0.25) is 0 Å². The number of nitrogens with zero attached hydrogens (tertiary/aromatic N) is 1. The summed E-state index contributed by atoms with van der Waals surface area (Å²) < 4.78 is 2.53. The molecule has 0 aliphatic heterocycles. The topological polar surface area (TPSA) is 4.41 Å². The Labute approximate surface area is 332 Å². The molecule has 1 heteroatoms. The summed E-state index contributed by atoms with van der Waals surface area (Å²) in [7, 11) is 0. The van der Waals surface area contributed by atoms with Crippen LogP contribution in [0.3, 0.4) is 0 Å². The normalized spacial score (nSPS) is 13.9. The van der Waals surface area contributed by atoms with E-state index in [1.165, 1.54) is 110 Å². The van der Waals surface area contributed by atoms with Crippen LogP contribution in [0.4, 0.5) is 0 Å². The van der Waals surface area contributed by atoms with Crippen LogP contribution in [0.5, 0.6) is 0 Å². The monoisotopic (exact) mass is 725 g/mol. The zero-order chi connectivity index (χ0) is 37.8. The summed E-state index contributed by atoms with van der Waals surface area (Å²) in [5.74, 6) is 0.0378. The fourth-order valence-electron chi connectivity index (χ4n) is 10.3. The Bertz CT molecular complexity index is 3370. The van der Waals surface area contributed by atoms with Gasteiger partial charge in [-0.3, -0.25) is 0 Å². The molecule has 12 rings (SSSR count). The van der Waals surface area contributed by atoms with Gasteiger partial charge in [-0.15, -0.1) is 0 Å². The van der Waals surface area contributed by atoms with Crippen molar-refractivity contribution < 1.29 is 0 Å². The number of para-hydroxylation sites is 1. The zero-order valence-electron chi connectivity index (χ0n) is 32.0. The van der Waals surface area contributed by atoms with Crippen LogP contribution in [-0.2, 0) is 5.41 Å². The number of fused-ring (bicyclic) bond motifs is 9. The summed E-state index contributed by atoms with van der Waals surface area (Å²) >= 11 is 0. The minimum atomic E-state index is -0.0820. The summed E-state index contributed by atoms with van der Waals surface area (Å²) in [6, 6.07) is 72.8. The molecular formula is C56H39N. The maximum atomic E-state index is 2.53. The van der Waals surface area contributed by atoms with Gasteiger partial charge in [0.1, 0.15) is 0 Å². The SMILES string of the molecule is CC1(C)c2ccccc2-c2ccc(C(c3ccccc3)c3cc(-c4ccccc4)cc(-c4ccc5c6ccc7cccc8c9ccccc9n(c5c4)c6c78)c3)cc21. The third-order valence-corrected chi connectivity index (χ3v) is 13.0. The largest absolute Gasteiger partial charge is 0.308 e. The first-order valence-electron chi connectivity index (χ1n) is 20.1. The molecule has 0 bridgehead atoms. The predicted octanol–water partition coefficient (Wildman–Crippen LogP) is 14.8. The van der Waals surface area contributed by atoms with Crippen molar-refractivity contribution in [1.29, 1.82) is 0 Å². The Balaban J connectivity index is 1.11. The van der Waals surface area contributed by atoms with E-state index in [0.717, 1.165) is 0 Å². The van der Waals surface area contributed by atoms with Gasteiger partial charge in [0.25, 0.3) is 0 Å². The summed E-state index contributed by atoms with van der Waals surface area (Å²) in [5, 5.41) is 7.80. The van der Waals surface area contributed by atoms with E-state index in [9.17, 15) is 0 Å². The molecule has 0 saturated carbocycles. The molecule has 0 spiro atoms. The Hall–Kier alpha value is -6.96. The summed E-state index contributed by atoms with van der Waals surface area (Å²) in [5.41, 5.74) is 18.0. The van der Waals surface area contributed by atoms with Gasteiger partial charge >= 0.3 is 0 Å². The van der Waals surface area contributed by atoms with E-state index < -0.39 is 0 Å². The van der Waals surface area contributed by atoms with Crippen molar-refractivity contribution in [3.05, 3.63) is 222 Å². The number of hydrogen-bond donors (Lipinski definition) is 0. The van der Waals surface area contributed by atoms with Crippen molar-refractivity contribution in [1.82, 2.24) is 4.40 Å². The predicted molar refractivity (Wildman–Crippen MR) is 241 cm³/mol.